The van der Waals surface area contributed by atoms with E-state index in [1.807, 2.05) is 19.1 Å². The summed E-state index contributed by atoms with van der Waals surface area (Å²) in [5.74, 6) is 0.840. The van der Waals surface area contributed by atoms with E-state index in [0.717, 1.165) is 23.7 Å². The Bertz CT molecular complexity index is 639. The summed E-state index contributed by atoms with van der Waals surface area (Å²) in [4.78, 5) is 18.3. The van der Waals surface area contributed by atoms with Crippen molar-refractivity contribution in [2.75, 3.05) is 31.6 Å². The van der Waals surface area contributed by atoms with Gasteiger partial charge in [-0.05, 0) is 6.92 Å². The number of hydrogen-bond acceptors (Lipinski definition) is 5. The van der Waals surface area contributed by atoms with Gasteiger partial charge in [-0.3, -0.25) is 4.79 Å². The van der Waals surface area contributed by atoms with Crippen LogP contribution in [-0.2, 0) is 9.53 Å². The molecule has 1 saturated heterocycles. The first kappa shape index (κ1) is 12.9. The lowest BCUT2D eigenvalue weighted by Gasteiger charge is -2.33. The summed E-state index contributed by atoms with van der Waals surface area (Å²) in [5, 5.41) is 6.92. The number of nitrogens with one attached hydrogen (secondary N) is 1. The number of rotatable bonds is 2. The second-order valence-corrected chi connectivity index (χ2v) is 4.78. The van der Waals surface area contributed by atoms with E-state index in [-0.39, 0.29) is 5.91 Å². The average molecular weight is 275 g/mol. The molecule has 2 aromatic rings. The predicted molar refractivity (Wildman–Crippen MR) is 73.7 cm³/mol. The maximum atomic E-state index is 11.7. The summed E-state index contributed by atoms with van der Waals surface area (Å²) in [7, 11) is 1.62. The third-order valence-electron chi connectivity index (χ3n) is 3.40. The summed E-state index contributed by atoms with van der Waals surface area (Å²) in [6, 6.07) is 3.85. The first-order valence-corrected chi connectivity index (χ1v) is 6.58. The molecule has 7 heteroatoms. The van der Waals surface area contributed by atoms with Crippen LogP contribution in [0.5, 0.6) is 0 Å². The lowest BCUT2D eigenvalue weighted by atomic mass is 10.2. The summed E-state index contributed by atoms with van der Waals surface area (Å²) < 4.78 is 7.30. The summed E-state index contributed by atoms with van der Waals surface area (Å²) in [5.41, 5.74) is 1.74. The second kappa shape index (κ2) is 5.09. The van der Waals surface area contributed by atoms with Gasteiger partial charge in [0.05, 0.1) is 19.3 Å². The van der Waals surface area contributed by atoms with Crippen molar-refractivity contribution in [2.45, 2.75) is 13.0 Å². The van der Waals surface area contributed by atoms with Gasteiger partial charge in [0.2, 0.25) is 0 Å². The number of aromatic nitrogens is 3. The Labute approximate surface area is 116 Å². The van der Waals surface area contributed by atoms with Crippen LogP contribution < -0.4 is 10.2 Å². The first-order valence-electron chi connectivity index (χ1n) is 6.58. The second-order valence-electron chi connectivity index (χ2n) is 4.78. The molecule has 0 aliphatic carbocycles. The Morgan fingerprint density at radius 2 is 2.40 bits per heavy atom. The highest BCUT2D eigenvalue weighted by molar-refractivity contribution is 5.81. The number of aryl methyl sites for hydroxylation is 1. The maximum absolute atomic E-state index is 11.7. The number of carbonyl (C=O) groups is 1. The van der Waals surface area contributed by atoms with E-state index in [9.17, 15) is 4.79 Å². The van der Waals surface area contributed by atoms with Crippen LogP contribution in [0.25, 0.3) is 5.65 Å². The van der Waals surface area contributed by atoms with Crippen molar-refractivity contribution in [3.05, 3.63) is 24.0 Å². The maximum Gasteiger partial charge on any atom is 0.250 e. The van der Waals surface area contributed by atoms with Crippen LogP contribution in [0.1, 0.15) is 5.69 Å². The molecule has 1 amide bonds. The predicted octanol–water partition coefficient (Wildman–Crippen LogP) is -0.0111. The molecule has 0 saturated carbocycles. The van der Waals surface area contributed by atoms with E-state index in [4.69, 9.17) is 4.74 Å². The number of nitrogens with zero attached hydrogens (tertiary/aromatic N) is 4. The third kappa shape index (κ3) is 2.20. The number of hydrogen-bond donors (Lipinski definition) is 1. The molecule has 3 heterocycles. The molecule has 106 valence electrons. The van der Waals surface area contributed by atoms with Gasteiger partial charge in [0.25, 0.3) is 5.91 Å². The van der Waals surface area contributed by atoms with Crippen LogP contribution in [0.4, 0.5) is 5.82 Å². The Morgan fingerprint density at radius 1 is 1.55 bits per heavy atom. The van der Waals surface area contributed by atoms with E-state index in [1.54, 1.807) is 17.8 Å². The highest BCUT2D eigenvalue weighted by Crippen LogP contribution is 2.19. The molecule has 1 atom stereocenters. The zero-order valence-electron chi connectivity index (χ0n) is 11.5. The highest BCUT2D eigenvalue weighted by Gasteiger charge is 2.27. The number of carbonyl (C=O) groups excluding carboxylic acids is 1. The molecule has 7 nitrogen and oxygen atoms in total. The summed E-state index contributed by atoms with van der Waals surface area (Å²) in [6.07, 6.45) is 1.27. The van der Waals surface area contributed by atoms with Crippen LogP contribution >= 0.6 is 0 Å². The Morgan fingerprint density at radius 3 is 3.20 bits per heavy atom. The van der Waals surface area contributed by atoms with Crippen LogP contribution in [0, 0.1) is 6.92 Å². The topological polar surface area (TPSA) is 71.8 Å². The molecule has 2 aromatic heterocycles. The van der Waals surface area contributed by atoms with Gasteiger partial charge >= 0.3 is 0 Å². The van der Waals surface area contributed by atoms with Crippen molar-refractivity contribution in [1.82, 2.24) is 19.9 Å². The molecule has 1 aliphatic heterocycles. The van der Waals surface area contributed by atoms with Crippen LogP contribution in [-0.4, -0.2) is 53.4 Å². The third-order valence-corrected chi connectivity index (χ3v) is 3.40. The Hall–Kier alpha value is -2.15. The van der Waals surface area contributed by atoms with Crippen LogP contribution in [0.2, 0.25) is 0 Å². The fourth-order valence-electron chi connectivity index (χ4n) is 2.42. The molecular weight excluding hydrogens is 258 g/mol. The number of fused-ring (bicyclic) bond motifs is 1. The Balaban J connectivity index is 1.94. The van der Waals surface area contributed by atoms with Gasteiger partial charge in [0, 0.05) is 31.4 Å². The quantitative estimate of drug-likeness (QED) is 0.834. The molecule has 0 spiro atoms. The van der Waals surface area contributed by atoms with Gasteiger partial charge < -0.3 is 15.0 Å². The molecule has 0 bridgehead atoms. The van der Waals surface area contributed by atoms with E-state index in [2.05, 4.69) is 20.3 Å². The molecule has 0 aromatic carbocycles. The lowest BCUT2D eigenvalue weighted by molar-refractivity contribution is -0.132. The molecule has 1 fully saturated rings. The standard InChI is InChI=1S/C13H17N5O2/c1-9-7-12(18-11(16-9)3-4-15-18)17-5-6-20-10(8-17)13(19)14-2/h3-4,7,10H,5-6,8H2,1-2H3,(H,14,19). The van der Waals surface area contributed by atoms with Gasteiger partial charge in [-0.15, -0.1) is 0 Å². The number of morpholine rings is 1. The minimum absolute atomic E-state index is 0.0998. The Kier molecular flexibility index (Phi) is 3.27. The summed E-state index contributed by atoms with van der Waals surface area (Å²) in [6.45, 7) is 3.71. The van der Waals surface area contributed by atoms with Gasteiger partial charge in [0.1, 0.15) is 5.82 Å². The average Bonchev–Trinajstić information content (AvgIpc) is 2.93. The highest BCUT2D eigenvalue weighted by atomic mass is 16.5. The summed E-state index contributed by atoms with van der Waals surface area (Å²) >= 11 is 0. The van der Waals surface area contributed by atoms with Crippen molar-refractivity contribution in [3.63, 3.8) is 0 Å². The van der Waals surface area contributed by atoms with Crippen LogP contribution in [0.15, 0.2) is 18.3 Å². The zero-order valence-corrected chi connectivity index (χ0v) is 11.5. The van der Waals surface area contributed by atoms with Crippen molar-refractivity contribution in [2.24, 2.45) is 0 Å². The fraction of sp³-hybridized carbons (Fsp3) is 0.462. The van der Waals surface area contributed by atoms with Crippen molar-refractivity contribution in [1.29, 1.82) is 0 Å². The normalized spacial score (nSPS) is 19.3. The monoisotopic (exact) mass is 275 g/mol. The largest absolute Gasteiger partial charge is 0.365 e. The van der Waals surface area contributed by atoms with Gasteiger partial charge in [-0.1, -0.05) is 0 Å². The van der Waals surface area contributed by atoms with E-state index < -0.39 is 6.10 Å². The molecule has 1 aliphatic rings. The molecule has 0 radical (unpaired) electrons. The van der Waals surface area contributed by atoms with Gasteiger partial charge in [-0.25, -0.2) is 4.98 Å². The van der Waals surface area contributed by atoms with Crippen molar-refractivity contribution >= 4 is 17.4 Å². The fourth-order valence-corrected chi connectivity index (χ4v) is 2.42. The smallest absolute Gasteiger partial charge is 0.250 e. The molecule has 3 rings (SSSR count). The number of likely N-dealkylation sites (N-methyl/N-ethyl adjacent to an activating group) is 1. The first-order chi connectivity index (χ1) is 9.69. The molecule has 1 N–H and O–H groups in total. The lowest BCUT2D eigenvalue weighted by Crippen LogP contribution is -2.49. The van der Waals surface area contributed by atoms with Crippen molar-refractivity contribution in [3.8, 4) is 0 Å². The van der Waals surface area contributed by atoms with E-state index in [1.165, 1.54) is 0 Å². The minimum atomic E-state index is -0.451. The molecule has 20 heavy (non-hydrogen) atoms. The van der Waals surface area contributed by atoms with E-state index >= 15 is 0 Å². The zero-order chi connectivity index (χ0) is 14.1. The molecular formula is C13H17N5O2. The van der Waals surface area contributed by atoms with Gasteiger partial charge in [-0.2, -0.15) is 9.61 Å². The van der Waals surface area contributed by atoms with Gasteiger partial charge in [0.15, 0.2) is 11.8 Å². The SMILES string of the molecule is CNC(=O)C1CN(c2cc(C)nc3ccnn23)CCO1. The molecule has 1 unspecified atom stereocenters. The van der Waals surface area contributed by atoms with Crippen LogP contribution in [0.3, 0.4) is 0 Å². The number of ether oxygens (including phenoxy) is 1. The van der Waals surface area contributed by atoms with Crippen molar-refractivity contribution < 1.29 is 9.53 Å². The number of anilines is 1. The van der Waals surface area contributed by atoms with E-state index in [0.29, 0.717) is 13.2 Å². The number of amides is 1. The minimum Gasteiger partial charge on any atom is -0.365 e.